The van der Waals surface area contributed by atoms with Crippen LogP contribution in [0.25, 0.3) is 0 Å². The van der Waals surface area contributed by atoms with E-state index in [1.54, 1.807) is 24.3 Å². The van der Waals surface area contributed by atoms with Crippen molar-refractivity contribution < 1.29 is 0 Å². The fraction of sp³-hybridized carbons (Fsp3) is 0.667. The maximum atomic E-state index is 4.16. The molecule has 0 atom stereocenters. The summed E-state index contributed by atoms with van der Waals surface area (Å²) < 4.78 is 0. The van der Waals surface area contributed by atoms with Gasteiger partial charge in [0.25, 0.3) is 0 Å². The molecule has 90 valence electrons. The average molecular weight is 239 g/mol. The van der Waals surface area contributed by atoms with Crippen molar-refractivity contribution in [3.63, 3.8) is 0 Å². The lowest BCUT2D eigenvalue weighted by atomic mass is 9.92. The summed E-state index contributed by atoms with van der Waals surface area (Å²) in [5, 5.41) is 4.50. The van der Waals surface area contributed by atoms with Crippen molar-refractivity contribution in [1.82, 2.24) is 15.3 Å². The van der Waals surface area contributed by atoms with E-state index in [0.29, 0.717) is 5.41 Å². The zero-order valence-corrected chi connectivity index (χ0v) is 11.2. The number of hydrogen-bond acceptors (Lipinski definition) is 4. The Morgan fingerprint density at radius 3 is 2.75 bits per heavy atom. The number of hydrogen-bond donors (Lipinski definition) is 1. The lowest BCUT2D eigenvalue weighted by Gasteiger charge is -2.17. The molecule has 0 fully saturated rings. The maximum absolute atomic E-state index is 4.16. The molecule has 1 N–H and O–H groups in total. The van der Waals surface area contributed by atoms with Gasteiger partial charge in [-0.05, 0) is 24.4 Å². The van der Waals surface area contributed by atoms with Crippen LogP contribution in [-0.4, -0.2) is 28.8 Å². The normalized spacial score (nSPS) is 11.7. The molecule has 0 spiro atoms. The Morgan fingerprint density at radius 1 is 1.31 bits per heavy atom. The molecule has 1 rings (SSSR count). The summed E-state index contributed by atoms with van der Waals surface area (Å²) in [7, 11) is 0. The van der Waals surface area contributed by atoms with Crippen molar-refractivity contribution in [3.05, 3.63) is 18.6 Å². The lowest BCUT2D eigenvalue weighted by Crippen LogP contribution is -2.22. The van der Waals surface area contributed by atoms with Gasteiger partial charge in [-0.25, -0.2) is 9.97 Å². The van der Waals surface area contributed by atoms with E-state index in [0.717, 1.165) is 23.9 Å². The first kappa shape index (κ1) is 13.5. The number of thioether (sulfide) groups is 1. The Hall–Kier alpha value is -0.610. The molecule has 16 heavy (non-hydrogen) atoms. The van der Waals surface area contributed by atoms with E-state index in [2.05, 4.69) is 36.1 Å². The third-order valence-electron chi connectivity index (χ3n) is 2.14. The van der Waals surface area contributed by atoms with Gasteiger partial charge in [0.1, 0.15) is 6.33 Å². The molecule has 0 aliphatic rings. The van der Waals surface area contributed by atoms with E-state index in [4.69, 9.17) is 0 Å². The van der Waals surface area contributed by atoms with Crippen LogP contribution in [0.1, 0.15) is 27.2 Å². The minimum absolute atomic E-state index is 0.423. The molecule has 0 bridgehead atoms. The van der Waals surface area contributed by atoms with Crippen LogP contribution in [0.3, 0.4) is 0 Å². The van der Waals surface area contributed by atoms with Gasteiger partial charge in [0.05, 0.1) is 5.03 Å². The van der Waals surface area contributed by atoms with Gasteiger partial charge in [0.15, 0.2) is 0 Å². The third kappa shape index (κ3) is 6.80. The van der Waals surface area contributed by atoms with Crippen molar-refractivity contribution in [2.45, 2.75) is 32.2 Å². The summed E-state index contributed by atoms with van der Waals surface area (Å²) in [4.78, 5) is 8.05. The second kappa shape index (κ2) is 6.86. The van der Waals surface area contributed by atoms with Crippen LogP contribution in [0.15, 0.2) is 23.6 Å². The highest BCUT2D eigenvalue weighted by Gasteiger charge is 2.08. The van der Waals surface area contributed by atoms with Crippen molar-refractivity contribution in [2.75, 3.05) is 18.8 Å². The first-order valence-electron chi connectivity index (χ1n) is 5.67. The average Bonchev–Trinajstić information content (AvgIpc) is 2.23. The number of nitrogens with zero attached hydrogens (tertiary/aromatic N) is 2. The molecule has 0 saturated carbocycles. The molecular weight excluding hydrogens is 218 g/mol. The molecule has 3 nitrogen and oxygen atoms in total. The molecule has 1 aromatic rings. The van der Waals surface area contributed by atoms with E-state index in [1.165, 1.54) is 6.42 Å². The molecule has 1 aromatic heterocycles. The van der Waals surface area contributed by atoms with E-state index in [1.807, 2.05) is 6.07 Å². The summed E-state index contributed by atoms with van der Waals surface area (Å²) in [6.45, 7) is 8.93. The Bertz CT molecular complexity index is 282. The van der Waals surface area contributed by atoms with E-state index in [-0.39, 0.29) is 0 Å². The van der Waals surface area contributed by atoms with Crippen LogP contribution in [0.4, 0.5) is 0 Å². The zero-order valence-electron chi connectivity index (χ0n) is 10.4. The highest BCUT2D eigenvalue weighted by molar-refractivity contribution is 7.99. The van der Waals surface area contributed by atoms with Crippen molar-refractivity contribution in [2.24, 2.45) is 5.41 Å². The van der Waals surface area contributed by atoms with E-state index >= 15 is 0 Å². The van der Waals surface area contributed by atoms with Crippen LogP contribution in [-0.2, 0) is 0 Å². The summed E-state index contributed by atoms with van der Waals surface area (Å²) in [6, 6.07) is 1.94. The molecule has 0 unspecified atom stereocenters. The highest BCUT2D eigenvalue weighted by Crippen LogP contribution is 2.17. The lowest BCUT2D eigenvalue weighted by molar-refractivity contribution is 0.369. The minimum atomic E-state index is 0.423. The summed E-state index contributed by atoms with van der Waals surface area (Å²) in [6.07, 6.45) is 4.59. The number of rotatable bonds is 6. The smallest absolute Gasteiger partial charge is 0.116 e. The maximum Gasteiger partial charge on any atom is 0.116 e. The predicted molar refractivity (Wildman–Crippen MR) is 69.7 cm³/mol. The van der Waals surface area contributed by atoms with Gasteiger partial charge in [-0.15, -0.1) is 11.8 Å². The molecule has 0 amide bonds. The first-order valence-corrected chi connectivity index (χ1v) is 6.66. The van der Waals surface area contributed by atoms with Gasteiger partial charge in [-0.2, -0.15) is 0 Å². The van der Waals surface area contributed by atoms with Crippen LogP contribution in [0.2, 0.25) is 0 Å². The largest absolute Gasteiger partial charge is 0.316 e. The van der Waals surface area contributed by atoms with Gasteiger partial charge >= 0.3 is 0 Å². The van der Waals surface area contributed by atoms with Crippen LogP contribution >= 0.6 is 11.8 Å². The standard InChI is InChI=1S/C12H21N3S/c1-12(2,3)5-7-13-8-9-16-11-4-6-14-10-15-11/h4,6,10,13H,5,7-9H2,1-3H3. The topological polar surface area (TPSA) is 37.8 Å². The van der Waals surface area contributed by atoms with Crippen LogP contribution < -0.4 is 5.32 Å². The third-order valence-corrected chi connectivity index (χ3v) is 3.08. The van der Waals surface area contributed by atoms with Crippen molar-refractivity contribution >= 4 is 11.8 Å². The molecular formula is C12H21N3S. The van der Waals surface area contributed by atoms with Gasteiger partial charge in [-0.1, -0.05) is 20.8 Å². The van der Waals surface area contributed by atoms with Crippen molar-refractivity contribution in [1.29, 1.82) is 0 Å². The van der Waals surface area contributed by atoms with Gasteiger partial charge in [0, 0.05) is 18.5 Å². The molecule has 4 heteroatoms. The summed E-state index contributed by atoms with van der Waals surface area (Å²) >= 11 is 1.76. The quantitative estimate of drug-likeness (QED) is 0.470. The number of aromatic nitrogens is 2. The Balaban J connectivity index is 2.01. The minimum Gasteiger partial charge on any atom is -0.316 e. The monoisotopic (exact) mass is 239 g/mol. The van der Waals surface area contributed by atoms with Gasteiger partial charge in [-0.3, -0.25) is 0 Å². The molecule has 0 radical (unpaired) electrons. The van der Waals surface area contributed by atoms with Gasteiger partial charge < -0.3 is 5.32 Å². The van der Waals surface area contributed by atoms with Gasteiger partial charge in [0.2, 0.25) is 0 Å². The Kier molecular flexibility index (Phi) is 5.77. The second-order valence-electron chi connectivity index (χ2n) is 4.96. The Labute approximate surface area is 102 Å². The summed E-state index contributed by atoms with van der Waals surface area (Å²) in [5.74, 6) is 1.06. The molecule has 0 aromatic carbocycles. The SMILES string of the molecule is CC(C)(C)CCNCCSc1ccncn1. The Morgan fingerprint density at radius 2 is 2.12 bits per heavy atom. The zero-order chi connectivity index (χ0) is 11.9. The first-order chi connectivity index (χ1) is 7.58. The predicted octanol–water partition coefficient (Wildman–Crippen LogP) is 2.59. The fourth-order valence-electron chi connectivity index (χ4n) is 1.18. The van der Waals surface area contributed by atoms with E-state index < -0.39 is 0 Å². The molecule has 0 aliphatic carbocycles. The van der Waals surface area contributed by atoms with Crippen LogP contribution in [0, 0.1) is 5.41 Å². The molecule has 0 aliphatic heterocycles. The fourth-order valence-corrected chi connectivity index (χ4v) is 1.91. The molecule has 1 heterocycles. The highest BCUT2D eigenvalue weighted by atomic mass is 32.2. The van der Waals surface area contributed by atoms with Crippen LogP contribution in [0.5, 0.6) is 0 Å². The molecule has 0 saturated heterocycles. The van der Waals surface area contributed by atoms with Crippen molar-refractivity contribution in [3.8, 4) is 0 Å². The number of nitrogens with one attached hydrogen (secondary N) is 1. The second-order valence-corrected chi connectivity index (χ2v) is 6.07. The summed E-state index contributed by atoms with van der Waals surface area (Å²) in [5.41, 5.74) is 0.423. The van der Waals surface area contributed by atoms with E-state index in [9.17, 15) is 0 Å².